The van der Waals surface area contributed by atoms with E-state index in [4.69, 9.17) is 14.7 Å². The van der Waals surface area contributed by atoms with Crippen molar-refractivity contribution in [1.82, 2.24) is 0 Å². The van der Waals surface area contributed by atoms with E-state index in [0.717, 1.165) is 22.6 Å². The summed E-state index contributed by atoms with van der Waals surface area (Å²) in [6.45, 7) is 5.09. The van der Waals surface area contributed by atoms with Crippen molar-refractivity contribution < 1.29 is 9.47 Å². The minimum atomic E-state index is 0.492. The first-order valence-corrected chi connectivity index (χ1v) is 6.58. The van der Waals surface area contributed by atoms with Crippen LogP contribution in [0, 0.1) is 18.3 Å². The zero-order valence-corrected chi connectivity index (χ0v) is 11.7. The quantitative estimate of drug-likeness (QED) is 0.826. The van der Waals surface area contributed by atoms with Gasteiger partial charge in [0.05, 0.1) is 18.2 Å². The fraction of sp³-hybridized carbons (Fsp3) is 0.235. The minimum absolute atomic E-state index is 0.492. The Balaban J connectivity index is 2.00. The molecule has 3 heteroatoms. The molecule has 0 fully saturated rings. The van der Waals surface area contributed by atoms with Gasteiger partial charge in [-0.2, -0.15) is 5.26 Å². The standard InChI is InChI=1S/C17H17NO2/c1-3-19-16-6-8-17(9-7-16)20-12-15-5-4-14(11-18)10-13(15)2/h4-10H,3,12H2,1-2H3. The Morgan fingerprint density at radius 1 is 1.00 bits per heavy atom. The Morgan fingerprint density at radius 3 is 2.20 bits per heavy atom. The number of hydrogen-bond donors (Lipinski definition) is 0. The summed E-state index contributed by atoms with van der Waals surface area (Å²) in [6, 6.07) is 15.3. The summed E-state index contributed by atoms with van der Waals surface area (Å²) in [6.07, 6.45) is 0. The molecule has 0 unspecified atom stereocenters. The molecule has 0 N–H and O–H groups in total. The molecule has 102 valence electrons. The van der Waals surface area contributed by atoms with Crippen LogP contribution in [-0.2, 0) is 6.61 Å². The van der Waals surface area contributed by atoms with E-state index in [1.165, 1.54) is 0 Å². The van der Waals surface area contributed by atoms with Crippen LogP contribution in [0.1, 0.15) is 23.6 Å². The van der Waals surface area contributed by atoms with E-state index in [-0.39, 0.29) is 0 Å². The SMILES string of the molecule is CCOc1ccc(OCc2ccc(C#N)cc2C)cc1. The Labute approximate surface area is 119 Å². The summed E-state index contributed by atoms with van der Waals surface area (Å²) < 4.78 is 11.1. The van der Waals surface area contributed by atoms with Crippen LogP contribution in [0.3, 0.4) is 0 Å². The van der Waals surface area contributed by atoms with E-state index in [9.17, 15) is 0 Å². The lowest BCUT2D eigenvalue weighted by atomic mass is 10.1. The third kappa shape index (κ3) is 3.52. The van der Waals surface area contributed by atoms with Gasteiger partial charge in [-0.3, -0.25) is 0 Å². The molecule has 0 aromatic heterocycles. The molecule has 0 aliphatic rings. The van der Waals surface area contributed by atoms with Crippen LogP contribution in [-0.4, -0.2) is 6.61 Å². The van der Waals surface area contributed by atoms with Crippen molar-refractivity contribution in [3.05, 3.63) is 59.2 Å². The highest BCUT2D eigenvalue weighted by atomic mass is 16.5. The summed E-state index contributed by atoms with van der Waals surface area (Å²) >= 11 is 0. The number of nitriles is 1. The topological polar surface area (TPSA) is 42.2 Å². The van der Waals surface area contributed by atoms with Crippen molar-refractivity contribution in [1.29, 1.82) is 5.26 Å². The third-order valence-corrected chi connectivity index (χ3v) is 3.00. The second kappa shape index (κ2) is 6.63. The summed E-state index contributed by atoms with van der Waals surface area (Å²) in [5.74, 6) is 1.65. The van der Waals surface area contributed by atoms with Crippen molar-refractivity contribution in [2.24, 2.45) is 0 Å². The monoisotopic (exact) mass is 267 g/mol. The van der Waals surface area contributed by atoms with Crippen molar-refractivity contribution in [2.45, 2.75) is 20.5 Å². The molecular weight excluding hydrogens is 250 g/mol. The van der Waals surface area contributed by atoms with Crippen molar-refractivity contribution in [3.8, 4) is 17.6 Å². The number of nitrogens with zero attached hydrogens (tertiary/aromatic N) is 1. The van der Waals surface area contributed by atoms with Gasteiger partial charge in [-0.1, -0.05) is 6.07 Å². The van der Waals surface area contributed by atoms with Gasteiger partial charge >= 0.3 is 0 Å². The molecule has 2 aromatic rings. The molecule has 0 radical (unpaired) electrons. The van der Waals surface area contributed by atoms with Gasteiger partial charge in [0.1, 0.15) is 18.1 Å². The minimum Gasteiger partial charge on any atom is -0.494 e. The molecule has 0 spiro atoms. The van der Waals surface area contributed by atoms with Gasteiger partial charge in [0.2, 0.25) is 0 Å². The zero-order chi connectivity index (χ0) is 14.4. The molecular formula is C17H17NO2. The lowest BCUT2D eigenvalue weighted by molar-refractivity contribution is 0.303. The van der Waals surface area contributed by atoms with Crippen LogP contribution in [0.15, 0.2) is 42.5 Å². The maximum atomic E-state index is 8.84. The van der Waals surface area contributed by atoms with Crippen LogP contribution >= 0.6 is 0 Å². The van der Waals surface area contributed by atoms with Crippen LogP contribution in [0.4, 0.5) is 0 Å². The summed E-state index contributed by atoms with van der Waals surface area (Å²) in [7, 11) is 0. The Hall–Kier alpha value is -2.47. The van der Waals surface area contributed by atoms with E-state index in [1.807, 2.05) is 56.3 Å². The number of hydrogen-bond acceptors (Lipinski definition) is 3. The molecule has 0 aliphatic carbocycles. The molecule has 0 amide bonds. The summed E-state index contributed by atoms with van der Waals surface area (Å²) in [4.78, 5) is 0. The van der Waals surface area contributed by atoms with Crippen molar-refractivity contribution >= 4 is 0 Å². The molecule has 3 nitrogen and oxygen atoms in total. The lowest BCUT2D eigenvalue weighted by Gasteiger charge is -2.10. The van der Waals surface area contributed by atoms with E-state index in [2.05, 4.69) is 6.07 Å². The first-order chi connectivity index (χ1) is 9.72. The van der Waals surface area contributed by atoms with Gasteiger partial charge in [0.15, 0.2) is 0 Å². The number of aryl methyl sites for hydroxylation is 1. The summed E-state index contributed by atoms with van der Waals surface area (Å²) in [5.41, 5.74) is 2.82. The first kappa shape index (κ1) is 14.0. The fourth-order valence-electron chi connectivity index (χ4n) is 1.89. The van der Waals surface area contributed by atoms with E-state index >= 15 is 0 Å². The third-order valence-electron chi connectivity index (χ3n) is 3.00. The van der Waals surface area contributed by atoms with Gasteiger partial charge in [-0.15, -0.1) is 0 Å². The van der Waals surface area contributed by atoms with Crippen LogP contribution in [0.25, 0.3) is 0 Å². The van der Waals surface area contributed by atoms with Gasteiger partial charge in [-0.05, 0) is 61.4 Å². The van der Waals surface area contributed by atoms with Gasteiger partial charge in [0.25, 0.3) is 0 Å². The zero-order valence-electron chi connectivity index (χ0n) is 11.7. The highest BCUT2D eigenvalue weighted by Crippen LogP contribution is 2.19. The smallest absolute Gasteiger partial charge is 0.120 e. The van der Waals surface area contributed by atoms with E-state index in [1.54, 1.807) is 0 Å². The largest absolute Gasteiger partial charge is 0.494 e. The highest BCUT2D eigenvalue weighted by Gasteiger charge is 2.02. The van der Waals surface area contributed by atoms with Crippen molar-refractivity contribution in [3.63, 3.8) is 0 Å². The van der Waals surface area contributed by atoms with Gasteiger partial charge in [-0.25, -0.2) is 0 Å². The van der Waals surface area contributed by atoms with Crippen LogP contribution in [0.5, 0.6) is 11.5 Å². The predicted molar refractivity (Wildman–Crippen MR) is 77.8 cm³/mol. The first-order valence-electron chi connectivity index (χ1n) is 6.58. The second-order valence-corrected chi connectivity index (χ2v) is 4.45. The summed E-state index contributed by atoms with van der Waals surface area (Å²) in [5, 5.41) is 8.84. The van der Waals surface area contributed by atoms with Gasteiger partial charge in [0, 0.05) is 0 Å². The average Bonchev–Trinajstić information content (AvgIpc) is 2.48. The van der Waals surface area contributed by atoms with Gasteiger partial charge < -0.3 is 9.47 Å². The van der Waals surface area contributed by atoms with Crippen LogP contribution in [0.2, 0.25) is 0 Å². The Morgan fingerprint density at radius 2 is 1.65 bits per heavy atom. The van der Waals surface area contributed by atoms with Crippen molar-refractivity contribution in [2.75, 3.05) is 6.61 Å². The predicted octanol–water partition coefficient (Wildman–Crippen LogP) is 3.84. The molecule has 20 heavy (non-hydrogen) atoms. The fourth-order valence-corrected chi connectivity index (χ4v) is 1.89. The number of rotatable bonds is 5. The Bertz CT molecular complexity index is 612. The van der Waals surface area contributed by atoms with E-state index in [0.29, 0.717) is 18.8 Å². The molecule has 0 saturated carbocycles. The maximum absolute atomic E-state index is 8.84. The Kier molecular flexibility index (Phi) is 4.62. The second-order valence-electron chi connectivity index (χ2n) is 4.45. The van der Waals surface area contributed by atoms with Crippen LogP contribution < -0.4 is 9.47 Å². The molecule has 0 saturated heterocycles. The number of benzene rings is 2. The normalized spacial score (nSPS) is 9.85. The molecule has 2 rings (SSSR count). The average molecular weight is 267 g/mol. The molecule has 2 aromatic carbocycles. The maximum Gasteiger partial charge on any atom is 0.120 e. The highest BCUT2D eigenvalue weighted by molar-refractivity contribution is 5.37. The molecule has 0 aliphatic heterocycles. The number of ether oxygens (including phenoxy) is 2. The lowest BCUT2D eigenvalue weighted by Crippen LogP contribution is -1.98. The van der Waals surface area contributed by atoms with E-state index < -0.39 is 0 Å². The molecule has 0 atom stereocenters. The molecule has 0 heterocycles. The molecule has 0 bridgehead atoms.